The van der Waals surface area contributed by atoms with Gasteiger partial charge in [0.15, 0.2) is 11.5 Å². The van der Waals surface area contributed by atoms with Crippen molar-refractivity contribution in [1.82, 2.24) is 5.32 Å². The van der Waals surface area contributed by atoms with Crippen LogP contribution < -0.4 is 14.8 Å². The van der Waals surface area contributed by atoms with E-state index in [0.29, 0.717) is 13.2 Å². The summed E-state index contributed by atoms with van der Waals surface area (Å²) in [5, 5.41) is 3.56. The van der Waals surface area contributed by atoms with E-state index >= 15 is 0 Å². The van der Waals surface area contributed by atoms with Crippen LogP contribution in [0.25, 0.3) is 0 Å². The summed E-state index contributed by atoms with van der Waals surface area (Å²) >= 11 is 0. The molecule has 0 fully saturated rings. The third kappa shape index (κ3) is 2.74. The van der Waals surface area contributed by atoms with Gasteiger partial charge in [-0.15, -0.1) is 0 Å². The van der Waals surface area contributed by atoms with Crippen molar-refractivity contribution >= 4 is 0 Å². The van der Waals surface area contributed by atoms with Crippen molar-refractivity contribution in [2.75, 3.05) is 13.2 Å². The Bertz CT molecular complexity index is 624. The second kappa shape index (κ2) is 6.19. The van der Waals surface area contributed by atoms with Gasteiger partial charge in [-0.3, -0.25) is 0 Å². The van der Waals surface area contributed by atoms with E-state index in [0.717, 1.165) is 18.0 Å². The van der Waals surface area contributed by atoms with Gasteiger partial charge >= 0.3 is 0 Å². The molecule has 1 aliphatic rings. The van der Waals surface area contributed by atoms with Gasteiger partial charge in [0, 0.05) is 6.54 Å². The van der Waals surface area contributed by atoms with Crippen LogP contribution in [0.2, 0.25) is 0 Å². The van der Waals surface area contributed by atoms with E-state index in [1.54, 1.807) is 0 Å². The highest BCUT2D eigenvalue weighted by molar-refractivity contribution is 5.48. The molecule has 0 aromatic heterocycles. The number of hydrogen-bond donors (Lipinski definition) is 1. The number of hydrogen-bond acceptors (Lipinski definition) is 3. The zero-order chi connectivity index (χ0) is 14.7. The number of ether oxygens (including phenoxy) is 2. The summed E-state index contributed by atoms with van der Waals surface area (Å²) in [7, 11) is 0. The molecule has 0 aliphatic carbocycles. The summed E-state index contributed by atoms with van der Waals surface area (Å²) < 4.78 is 11.4. The zero-order valence-corrected chi connectivity index (χ0v) is 12.6. The summed E-state index contributed by atoms with van der Waals surface area (Å²) in [6.45, 7) is 6.17. The van der Waals surface area contributed by atoms with E-state index in [-0.39, 0.29) is 6.04 Å². The average molecular weight is 283 g/mol. The van der Waals surface area contributed by atoms with Crippen molar-refractivity contribution in [2.45, 2.75) is 26.4 Å². The molecule has 0 saturated carbocycles. The minimum Gasteiger partial charge on any atom is -0.490 e. The van der Waals surface area contributed by atoms with Crippen LogP contribution in [0, 0.1) is 0 Å². The van der Waals surface area contributed by atoms with Crippen LogP contribution in [0.4, 0.5) is 0 Å². The van der Waals surface area contributed by atoms with Gasteiger partial charge < -0.3 is 14.8 Å². The molecule has 0 amide bonds. The fraction of sp³-hybridized carbons (Fsp3) is 0.333. The molecule has 1 atom stereocenters. The SMILES string of the molecule is CCOc1ccc(C2NCc3ccccc32)cc1OCC. The highest BCUT2D eigenvalue weighted by Gasteiger charge is 2.23. The highest BCUT2D eigenvalue weighted by atomic mass is 16.5. The maximum atomic E-state index is 5.72. The molecule has 21 heavy (non-hydrogen) atoms. The smallest absolute Gasteiger partial charge is 0.161 e. The highest BCUT2D eigenvalue weighted by Crippen LogP contribution is 2.36. The number of rotatable bonds is 5. The summed E-state index contributed by atoms with van der Waals surface area (Å²) in [5.74, 6) is 1.64. The molecule has 1 heterocycles. The van der Waals surface area contributed by atoms with Gasteiger partial charge in [-0.05, 0) is 42.7 Å². The third-order valence-corrected chi connectivity index (χ3v) is 3.76. The Morgan fingerprint density at radius 2 is 1.76 bits per heavy atom. The normalized spacial score (nSPS) is 16.6. The van der Waals surface area contributed by atoms with Crippen LogP contribution in [0.5, 0.6) is 11.5 Å². The molecule has 2 aromatic carbocycles. The van der Waals surface area contributed by atoms with Crippen molar-refractivity contribution in [3.8, 4) is 11.5 Å². The Kier molecular flexibility index (Phi) is 4.11. The number of fused-ring (bicyclic) bond motifs is 1. The molecule has 0 bridgehead atoms. The maximum absolute atomic E-state index is 5.72. The Morgan fingerprint density at radius 3 is 2.57 bits per heavy atom. The first kappa shape index (κ1) is 14.0. The lowest BCUT2D eigenvalue weighted by atomic mass is 9.98. The lowest BCUT2D eigenvalue weighted by Gasteiger charge is -2.17. The fourth-order valence-corrected chi connectivity index (χ4v) is 2.84. The van der Waals surface area contributed by atoms with Crippen LogP contribution in [0.1, 0.15) is 36.6 Å². The molecule has 3 nitrogen and oxygen atoms in total. The van der Waals surface area contributed by atoms with Crippen LogP contribution in [0.3, 0.4) is 0 Å². The van der Waals surface area contributed by atoms with E-state index in [9.17, 15) is 0 Å². The Balaban J connectivity index is 1.94. The summed E-state index contributed by atoms with van der Waals surface area (Å²) in [5.41, 5.74) is 3.94. The molecule has 110 valence electrons. The Hall–Kier alpha value is -2.00. The lowest BCUT2D eigenvalue weighted by Crippen LogP contribution is -2.13. The molecule has 3 heteroatoms. The van der Waals surface area contributed by atoms with Gasteiger partial charge in [0.2, 0.25) is 0 Å². The minimum absolute atomic E-state index is 0.232. The van der Waals surface area contributed by atoms with Crippen LogP contribution in [-0.4, -0.2) is 13.2 Å². The molecule has 0 radical (unpaired) electrons. The number of benzene rings is 2. The van der Waals surface area contributed by atoms with E-state index in [1.165, 1.54) is 16.7 Å². The van der Waals surface area contributed by atoms with Crippen molar-refractivity contribution in [3.63, 3.8) is 0 Å². The van der Waals surface area contributed by atoms with E-state index in [1.807, 2.05) is 19.9 Å². The molecule has 1 aliphatic heterocycles. The van der Waals surface area contributed by atoms with Crippen LogP contribution >= 0.6 is 0 Å². The van der Waals surface area contributed by atoms with Crippen molar-refractivity contribution < 1.29 is 9.47 Å². The van der Waals surface area contributed by atoms with Crippen molar-refractivity contribution in [3.05, 3.63) is 59.2 Å². The molecule has 0 spiro atoms. The van der Waals surface area contributed by atoms with E-state index < -0.39 is 0 Å². The van der Waals surface area contributed by atoms with Gasteiger partial charge in [-0.25, -0.2) is 0 Å². The quantitative estimate of drug-likeness (QED) is 0.908. The predicted octanol–water partition coefficient (Wildman–Crippen LogP) is 3.68. The second-order valence-corrected chi connectivity index (χ2v) is 5.08. The predicted molar refractivity (Wildman–Crippen MR) is 83.9 cm³/mol. The summed E-state index contributed by atoms with van der Waals surface area (Å²) in [6, 6.07) is 15.0. The standard InChI is InChI=1S/C18H21NO2/c1-3-20-16-10-9-13(11-17(16)21-4-2)18-15-8-6-5-7-14(15)12-19-18/h5-11,18-19H,3-4,12H2,1-2H3. The average Bonchev–Trinajstić information content (AvgIpc) is 2.93. The van der Waals surface area contributed by atoms with Crippen LogP contribution in [-0.2, 0) is 6.54 Å². The number of nitrogens with one attached hydrogen (secondary N) is 1. The minimum atomic E-state index is 0.232. The maximum Gasteiger partial charge on any atom is 0.161 e. The van der Waals surface area contributed by atoms with Crippen molar-refractivity contribution in [2.24, 2.45) is 0 Å². The molecule has 2 aromatic rings. The monoisotopic (exact) mass is 283 g/mol. The van der Waals surface area contributed by atoms with Gasteiger partial charge in [0.05, 0.1) is 19.3 Å². The van der Waals surface area contributed by atoms with Crippen LogP contribution in [0.15, 0.2) is 42.5 Å². The molecule has 0 saturated heterocycles. The van der Waals surface area contributed by atoms with Gasteiger partial charge in [-0.1, -0.05) is 30.3 Å². The Labute approximate surface area is 125 Å². The largest absolute Gasteiger partial charge is 0.490 e. The first-order chi connectivity index (χ1) is 10.3. The zero-order valence-electron chi connectivity index (χ0n) is 12.6. The first-order valence-electron chi connectivity index (χ1n) is 7.54. The Morgan fingerprint density at radius 1 is 1.00 bits per heavy atom. The van der Waals surface area contributed by atoms with E-state index in [4.69, 9.17) is 9.47 Å². The first-order valence-corrected chi connectivity index (χ1v) is 7.54. The van der Waals surface area contributed by atoms with Gasteiger partial charge in [-0.2, -0.15) is 0 Å². The van der Waals surface area contributed by atoms with Crippen molar-refractivity contribution in [1.29, 1.82) is 0 Å². The molecule has 1 N–H and O–H groups in total. The third-order valence-electron chi connectivity index (χ3n) is 3.76. The topological polar surface area (TPSA) is 30.5 Å². The summed E-state index contributed by atoms with van der Waals surface area (Å²) in [6.07, 6.45) is 0. The van der Waals surface area contributed by atoms with Gasteiger partial charge in [0.25, 0.3) is 0 Å². The van der Waals surface area contributed by atoms with E-state index in [2.05, 4.69) is 41.7 Å². The lowest BCUT2D eigenvalue weighted by molar-refractivity contribution is 0.287. The summed E-state index contributed by atoms with van der Waals surface area (Å²) in [4.78, 5) is 0. The second-order valence-electron chi connectivity index (χ2n) is 5.08. The molecular weight excluding hydrogens is 262 g/mol. The fourth-order valence-electron chi connectivity index (χ4n) is 2.84. The molecule has 1 unspecified atom stereocenters. The molecular formula is C18H21NO2. The van der Waals surface area contributed by atoms with Gasteiger partial charge in [0.1, 0.15) is 0 Å². The molecule has 3 rings (SSSR count).